The Balaban J connectivity index is 2.54. The molecule has 152 valence electrons. The maximum absolute atomic E-state index is 13.0. The number of hydrogen-bond acceptors (Lipinski definition) is 4. The molecule has 4 heteroatoms. The van der Waals surface area contributed by atoms with Gasteiger partial charge in [-0.05, 0) is 37.8 Å². The number of nitrogens with zero attached hydrogens (tertiary/aromatic N) is 1. The second-order valence-electron chi connectivity index (χ2n) is 7.55. The van der Waals surface area contributed by atoms with Crippen molar-refractivity contribution in [3.05, 3.63) is 71.8 Å². The zero-order chi connectivity index (χ0) is 20.7. The summed E-state index contributed by atoms with van der Waals surface area (Å²) < 4.78 is 5.39. The van der Waals surface area contributed by atoms with Crippen molar-refractivity contribution in [2.24, 2.45) is 5.92 Å². The van der Waals surface area contributed by atoms with Gasteiger partial charge >= 0.3 is 5.97 Å². The van der Waals surface area contributed by atoms with Gasteiger partial charge in [-0.1, -0.05) is 74.5 Å². The van der Waals surface area contributed by atoms with Crippen molar-refractivity contribution in [2.45, 2.75) is 58.8 Å². The quantitative estimate of drug-likeness (QED) is 0.634. The van der Waals surface area contributed by atoms with E-state index in [0.717, 1.165) is 11.1 Å². The molecule has 0 saturated heterocycles. The first-order chi connectivity index (χ1) is 13.4. The Morgan fingerprint density at radius 3 is 1.68 bits per heavy atom. The summed E-state index contributed by atoms with van der Waals surface area (Å²) in [6.45, 7) is 10.1. The van der Waals surface area contributed by atoms with Crippen LogP contribution in [-0.4, -0.2) is 34.7 Å². The van der Waals surface area contributed by atoms with Crippen molar-refractivity contribution in [3.8, 4) is 0 Å². The topological polar surface area (TPSA) is 49.8 Å². The molecular formula is C24H33NO3. The van der Waals surface area contributed by atoms with Crippen molar-refractivity contribution in [1.82, 2.24) is 4.90 Å². The van der Waals surface area contributed by atoms with Gasteiger partial charge in [-0.25, -0.2) is 0 Å². The lowest BCUT2D eigenvalue weighted by molar-refractivity contribution is -0.159. The third-order valence-corrected chi connectivity index (χ3v) is 5.31. The summed E-state index contributed by atoms with van der Waals surface area (Å²) >= 11 is 0. The van der Waals surface area contributed by atoms with Crippen LogP contribution in [0, 0.1) is 5.92 Å². The molecule has 4 atom stereocenters. The van der Waals surface area contributed by atoms with E-state index in [1.807, 2.05) is 50.2 Å². The fraction of sp³-hybridized carbons (Fsp3) is 0.458. The van der Waals surface area contributed by atoms with Gasteiger partial charge in [0, 0.05) is 12.1 Å². The molecule has 2 aromatic rings. The number of hydrogen-bond donors (Lipinski definition) is 1. The normalized spacial score (nSPS) is 15.9. The number of rotatable bonds is 9. The van der Waals surface area contributed by atoms with Crippen molar-refractivity contribution in [2.75, 3.05) is 6.61 Å². The number of aliphatic hydroxyl groups is 1. The van der Waals surface area contributed by atoms with E-state index in [1.54, 1.807) is 6.92 Å². The predicted octanol–water partition coefficient (Wildman–Crippen LogP) is 4.76. The third-order valence-electron chi connectivity index (χ3n) is 5.31. The van der Waals surface area contributed by atoms with Gasteiger partial charge in [0.2, 0.25) is 0 Å². The Kier molecular flexibility index (Phi) is 8.21. The highest BCUT2D eigenvalue weighted by molar-refractivity contribution is 5.76. The van der Waals surface area contributed by atoms with Gasteiger partial charge in [0.15, 0.2) is 0 Å². The highest BCUT2D eigenvalue weighted by Gasteiger charge is 2.41. The van der Waals surface area contributed by atoms with Crippen LogP contribution in [0.1, 0.15) is 57.8 Å². The van der Waals surface area contributed by atoms with Crippen LogP contribution in [0.5, 0.6) is 0 Å². The number of aliphatic hydroxyl groups excluding tert-OH is 1. The molecule has 0 spiro atoms. The minimum absolute atomic E-state index is 0.0807. The van der Waals surface area contributed by atoms with Gasteiger partial charge in [0.25, 0.3) is 0 Å². The monoisotopic (exact) mass is 383 g/mol. The van der Waals surface area contributed by atoms with E-state index in [4.69, 9.17) is 4.74 Å². The summed E-state index contributed by atoms with van der Waals surface area (Å²) in [6, 6.07) is 19.2. The first-order valence-corrected chi connectivity index (χ1v) is 10.1. The van der Waals surface area contributed by atoms with Crippen LogP contribution in [0.3, 0.4) is 0 Å². The van der Waals surface area contributed by atoms with Crippen molar-refractivity contribution in [3.63, 3.8) is 0 Å². The van der Waals surface area contributed by atoms with Gasteiger partial charge in [0.05, 0.1) is 12.7 Å². The van der Waals surface area contributed by atoms with E-state index in [-0.39, 0.29) is 30.6 Å². The second kappa shape index (κ2) is 10.4. The summed E-state index contributed by atoms with van der Waals surface area (Å²) in [5.74, 6) is -0.461. The summed E-state index contributed by atoms with van der Waals surface area (Å²) in [5.41, 5.74) is 2.19. The second-order valence-corrected chi connectivity index (χ2v) is 7.55. The zero-order valence-corrected chi connectivity index (χ0v) is 17.6. The lowest BCUT2D eigenvalue weighted by Gasteiger charge is -2.42. The molecule has 0 aliphatic carbocycles. The first kappa shape index (κ1) is 22.1. The molecule has 0 bridgehead atoms. The van der Waals surface area contributed by atoms with Crippen LogP contribution in [0.25, 0.3) is 0 Å². The molecule has 0 unspecified atom stereocenters. The molecule has 0 fully saturated rings. The van der Waals surface area contributed by atoms with Gasteiger partial charge in [0.1, 0.15) is 6.04 Å². The van der Waals surface area contributed by atoms with Gasteiger partial charge in [-0.2, -0.15) is 0 Å². The van der Waals surface area contributed by atoms with Crippen LogP contribution in [0.2, 0.25) is 0 Å². The summed E-state index contributed by atoms with van der Waals surface area (Å²) in [6.07, 6.45) is -0.837. The minimum Gasteiger partial charge on any atom is -0.465 e. The highest BCUT2D eigenvalue weighted by atomic mass is 16.5. The zero-order valence-electron chi connectivity index (χ0n) is 17.6. The number of carbonyl (C=O) groups excluding carboxylic acids is 1. The van der Waals surface area contributed by atoms with Crippen LogP contribution in [0.15, 0.2) is 60.7 Å². The van der Waals surface area contributed by atoms with Crippen molar-refractivity contribution >= 4 is 5.97 Å². The maximum Gasteiger partial charge on any atom is 0.326 e. The molecule has 2 rings (SSSR count). The fourth-order valence-corrected chi connectivity index (χ4v) is 3.65. The smallest absolute Gasteiger partial charge is 0.326 e. The molecule has 0 aromatic heterocycles. The first-order valence-electron chi connectivity index (χ1n) is 10.1. The predicted molar refractivity (Wildman–Crippen MR) is 113 cm³/mol. The van der Waals surface area contributed by atoms with Crippen LogP contribution in [-0.2, 0) is 9.53 Å². The lowest BCUT2D eigenvalue weighted by atomic mass is 9.92. The third kappa shape index (κ3) is 5.21. The van der Waals surface area contributed by atoms with E-state index in [2.05, 4.69) is 43.0 Å². The molecule has 0 amide bonds. The molecule has 0 radical (unpaired) electrons. The Morgan fingerprint density at radius 2 is 1.32 bits per heavy atom. The van der Waals surface area contributed by atoms with E-state index in [9.17, 15) is 9.90 Å². The van der Waals surface area contributed by atoms with E-state index < -0.39 is 12.1 Å². The summed E-state index contributed by atoms with van der Waals surface area (Å²) in [4.78, 5) is 15.1. The molecule has 1 N–H and O–H groups in total. The van der Waals surface area contributed by atoms with Crippen LogP contribution < -0.4 is 0 Å². The molecular weight excluding hydrogens is 350 g/mol. The highest BCUT2D eigenvalue weighted by Crippen LogP contribution is 2.35. The Hall–Kier alpha value is -2.17. The number of esters is 1. The SMILES string of the molecule is CCOC(=O)[C@H]([C@@H](O)C(C)C)N([C@@H](C)c1ccccc1)[C@@H](C)c1ccccc1. The Bertz CT molecular complexity index is 672. The van der Waals surface area contributed by atoms with Crippen molar-refractivity contribution < 1.29 is 14.6 Å². The maximum atomic E-state index is 13.0. The number of benzene rings is 2. The van der Waals surface area contributed by atoms with E-state index >= 15 is 0 Å². The molecule has 2 aromatic carbocycles. The molecule has 4 nitrogen and oxygen atoms in total. The van der Waals surface area contributed by atoms with Gasteiger partial charge < -0.3 is 9.84 Å². The lowest BCUT2D eigenvalue weighted by Crippen LogP contribution is -2.53. The molecule has 0 saturated carbocycles. The summed E-state index contributed by atoms with van der Waals surface area (Å²) in [7, 11) is 0. The fourth-order valence-electron chi connectivity index (χ4n) is 3.65. The average Bonchev–Trinajstić information content (AvgIpc) is 2.71. The number of carbonyl (C=O) groups is 1. The Morgan fingerprint density at radius 1 is 0.893 bits per heavy atom. The standard InChI is InChI=1S/C24H33NO3/c1-6-28-24(27)22(23(26)17(2)3)25(18(4)20-13-9-7-10-14-20)19(5)21-15-11-8-12-16-21/h7-19,22-23,26H,6H2,1-5H3/t18-,19-,22-,23-/m0/s1. The minimum atomic E-state index is -0.837. The molecule has 0 heterocycles. The van der Waals surface area contributed by atoms with E-state index in [0.29, 0.717) is 0 Å². The van der Waals surface area contributed by atoms with Crippen molar-refractivity contribution in [1.29, 1.82) is 0 Å². The number of ether oxygens (including phenoxy) is 1. The van der Waals surface area contributed by atoms with Crippen LogP contribution in [0.4, 0.5) is 0 Å². The Labute approximate surface area is 169 Å². The van der Waals surface area contributed by atoms with E-state index in [1.165, 1.54) is 0 Å². The summed E-state index contributed by atoms with van der Waals surface area (Å²) in [5, 5.41) is 11.0. The molecule has 28 heavy (non-hydrogen) atoms. The largest absolute Gasteiger partial charge is 0.465 e. The molecule has 0 aliphatic rings. The van der Waals surface area contributed by atoms with Gasteiger partial charge in [-0.15, -0.1) is 0 Å². The van der Waals surface area contributed by atoms with Gasteiger partial charge in [-0.3, -0.25) is 9.69 Å². The molecule has 0 aliphatic heterocycles. The van der Waals surface area contributed by atoms with Crippen LogP contribution >= 0.6 is 0 Å². The average molecular weight is 384 g/mol.